The Balaban J connectivity index is 2.04. The molecular weight excluding hydrogens is 640 g/mol. The standard InChI is InChI=1S/C36H55ClN2O7S/c1-6-9-12-13-14-15-16-17-18-19-22-45-36(42)28-24-31(37)34(44-5)32(25-28)46-47(43)38-29-23-27(4)33(40)30(26-29)35(41)39(20-10-7-2)21-11-8-3/h23-26,38,40H,6-22H2,1-5H3. The number of anilines is 1. The lowest BCUT2D eigenvalue weighted by Gasteiger charge is -2.23. The Morgan fingerprint density at radius 2 is 1.43 bits per heavy atom. The molecule has 0 aromatic heterocycles. The number of esters is 1. The number of carbonyl (C=O) groups is 2. The molecule has 0 saturated carbocycles. The number of halogens is 1. The fourth-order valence-electron chi connectivity index (χ4n) is 5.17. The van der Waals surface area contributed by atoms with Gasteiger partial charge in [-0.1, -0.05) is 103 Å². The summed E-state index contributed by atoms with van der Waals surface area (Å²) in [7, 11) is 1.39. The number of aryl methyl sites for hydroxylation is 1. The molecule has 0 bridgehead atoms. The molecule has 2 aromatic rings. The highest BCUT2D eigenvalue weighted by molar-refractivity contribution is 7.82. The van der Waals surface area contributed by atoms with E-state index in [1.54, 1.807) is 17.9 Å². The van der Waals surface area contributed by atoms with Crippen molar-refractivity contribution >= 4 is 40.4 Å². The van der Waals surface area contributed by atoms with E-state index in [0.29, 0.717) is 24.3 Å². The van der Waals surface area contributed by atoms with E-state index in [1.165, 1.54) is 70.3 Å². The van der Waals surface area contributed by atoms with Crippen molar-refractivity contribution in [2.24, 2.45) is 0 Å². The van der Waals surface area contributed by atoms with Crippen molar-refractivity contribution in [1.29, 1.82) is 0 Å². The molecule has 0 aliphatic heterocycles. The van der Waals surface area contributed by atoms with Crippen LogP contribution in [0.2, 0.25) is 5.02 Å². The number of unbranched alkanes of at least 4 members (excludes halogenated alkanes) is 11. The van der Waals surface area contributed by atoms with Gasteiger partial charge in [-0.25, -0.2) is 4.79 Å². The van der Waals surface area contributed by atoms with Gasteiger partial charge in [0.15, 0.2) is 11.5 Å². The Kier molecular flexibility index (Phi) is 19.3. The van der Waals surface area contributed by atoms with Crippen LogP contribution in [0.1, 0.15) is 137 Å². The zero-order chi connectivity index (χ0) is 34.6. The molecule has 0 saturated heterocycles. The van der Waals surface area contributed by atoms with Crippen LogP contribution in [0.4, 0.5) is 5.69 Å². The monoisotopic (exact) mass is 694 g/mol. The van der Waals surface area contributed by atoms with Crippen LogP contribution in [0.3, 0.4) is 0 Å². The first-order valence-electron chi connectivity index (χ1n) is 17.2. The average Bonchev–Trinajstić information content (AvgIpc) is 3.04. The highest BCUT2D eigenvalue weighted by atomic mass is 35.5. The van der Waals surface area contributed by atoms with E-state index < -0.39 is 17.2 Å². The number of aromatic hydroxyl groups is 1. The van der Waals surface area contributed by atoms with Crippen LogP contribution >= 0.6 is 11.6 Å². The number of phenols is 1. The Hall–Kier alpha value is -2.98. The molecule has 11 heteroatoms. The lowest BCUT2D eigenvalue weighted by Crippen LogP contribution is -2.33. The molecule has 0 aliphatic carbocycles. The minimum Gasteiger partial charge on any atom is -0.507 e. The Labute approximate surface area is 289 Å². The molecule has 0 aliphatic rings. The number of hydrogen-bond donors (Lipinski definition) is 2. The van der Waals surface area contributed by atoms with E-state index in [9.17, 15) is 18.9 Å². The van der Waals surface area contributed by atoms with Gasteiger partial charge >= 0.3 is 17.2 Å². The largest absolute Gasteiger partial charge is 0.507 e. The number of methoxy groups -OCH3 is 1. The molecule has 0 heterocycles. The van der Waals surface area contributed by atoms with E-state index in [-0.39, 0.29) is 45.9 Å². The van der Waals surface area contributed by atoms with E-state index in [4.69, 9.17) is 25.3 Å². The summed E-state index contributed by atoms with van der Waals surface area (Å²) in [6.45, 7) is 9.46. The lowest BCUT2D eigenvalue weighted by molar-refractivity contribution is 0.0497. The first kappa shape index (κ1) is 40.2. The highest BCUT2D eigenvalue weighted by Gasteiger charge is 2.22. The smallest absolute Gasteiger partial charge is 0.338 e. The van der Waals surface area contributed by atoms with Gasteiger partial charge in [-0.2, -0.15) is 4.21 Å². The summed E-state index contributed by atoms with van der Waals surface area (Å²) in [5.74, 6) is -0.896. The normalized spacial score (nSPS) is 11.6. The van der Waals surface area contributed by atoms with Crippen LogP contribution in [0, 0.1) is 6.92 Å². The van der Waals surface area contributed by atoms with E-state index in [1.807, 2.05) is 0 Å². The van der Waals surface area contributed by atoms with Gasteiger partial charge in [0.2, 0.25) is 0 Å². The van der Waals surface area contributed by atoms with Crippen LogP contribution in [0.25, 0.3) is 0 Å². The summed E-state index contributed by atoms with van der Waals surface area (Å²) in [6, 6.07) is 5.83. The van der Waals surface area contributed by atoms with Crippen LogP contribution in [-0.4, -0.2) is 52.9 Å². The highest BCUT2D eigenvalue weighted by Crippen LogP contribution is 2.37. The Bertz CT molecular complexity index is 1280. The molecule has 0 spiro atoms. The van der Waals surface area contributed by atoms with Crippen molar-refractivity contribution in [3.8, 4) is 17.2 Å². The molecule has 0 radical (unpaired) electrons. The lowest BCUT2D eigenvalue weighted by atomic mass is 10.1. The van der Waals surface area contributed by atoms with E-state index in [2.05, 4.69) is 25.5 Å². The van der Waals surface area contributed by atoms with Crippen molar-refractivity contribution in [2.45, 2.75) is 118 Å². The number of phenolic OH excluding ortho intramolecular Hbond substituents is 1. The van der Waals surface area contributed by atoms with Gasteiger partial charge in [-0.3, -0.25) is 9.52 Å². The molecule has 1 amide bonds. The third-order valence-corrected chi connectivity index (χ3v) is 8.94. The number of amides is 1. The summed E-state index contributed by atoms with van der Waals surface area (Å²) >= 11 is 4.21. The van der Waals surface area contributed by atoms with Crippen molar-refractivity contribution < 1.29 is 32.6 Å². The van der Waals surface area contributed by atoms with Crippen molar-refractivity contribution in [1.82, 2.24) is 4.90 Å². The van der Waals surface area contributed by atoms with E-state index >= 15 is 0 Å². The fourth-order valence-corrected chi connectivity index (χ4v) is 6.09. The molecule has 9 nitrogen and oxygen atoms in total. The maximum Gasteiger partial charge on any atom is 0.338 e. The molecule has 1 atom stereocenters. The van der Waals surface area contributed by atoms with Gasteiger partial charge < -0.3 is 23.7 Å². The van der Waals surface area contributed by atoms with Crippen LogP contribution in [-0.2, 0) is 16.0 Å². The number of nitrogens with one attached hydrogen (secondary N) is 1. The zero-order valence-corrected chi connectivity index (χ0v) is 30.5. The summed E-state index contributed by atoms with van der Waals surface area (Å²) in [5, 5.41) is 10.8. The summed E-state index contributed by atoms with van der Waals surface area (Å²) in [5.41, 5.74) is 1.01. The number of carbonyl (C=O) groups excluding carboxylic acids is 2. The molecule has 2 N–H and O–H groups in total. The number of benzene rings is 2. The number of nitrogens with zero attached hydrogens (tertiary/aromatic N) is 1. The minimum atomic E-state index is -2.18. The quantitative estimate of drug-likeness (QED) is 0.0639. The molecular formula is C36H55ClN2O7S. The van der Waals surface area contributed by atoms with Gasteiger partial charge in [0.1, 0.15) is 5.75 Å². The summed E-state index contributed by atoms with van der Waals surface area (Å²) in [6.07, 6.45) is 15.4. The molecule has 1 unspecified atom stereocenters. The number of rotatable bonds is 24. The van der Waals surface area contributed by atoms with Crippen LogP contribution in [0.15, 0.2) is 24.3 Å². The molecule has 47 heavy (non-hydrogen) atoms. The second-order valence-corrected chi connectivity index (χ2v) is 13.2. The molecule has 2 rings (SSSR count). The minimum absolute atomic E-state index is 0.0196. The van der Waals surface area contributed by atoms with E-state index in [0.717, 1.165) is 44.9 Å². The predicted octanol–water partition coefficient (Wildman–Crippen LogP) is 9.55. The second kappa shape index (κ2) is 22.6. The van der Waals surface area contributed by atoms with Gasteiger partial charge in [0.25, 0.3) is 5.91 Å². The molecule has 2 aromatic carbocycles. The maximum absolute atomic E-state index is 13.4. The maximum atomic E-state index is 13.4. The van der Waals surface area contributed by atoms with Crippen LogP contribution < -0.4 is 13.6 Å². The second-order valence-electron chi connectivity index (χ2n) is 11.9. The van der Waals surface area contributed by atoms with Crippen molar-refractivity contribution in [3.63, 3.8) is 0 Å². The SMILES string of the molecule is CCCCCCCCCCCCOC(=O)c1cc(Cl)c(OC)c(OS(=O)Nc2cc(C)c(O)c(C(=O)N(CCCC)CCCC)c2)c1. The van der Waals surface area contributed by atoms with Crippen molar-refractivity contribution in [2.75, 3.05) is 31.5 Å². The molecule has 0 fully saturated rings. The van der Waals surface area contributed by atoms with Crippen LogP contribution in [0.5, 0.6) is 17.2 Å². The topological polar surface area (TPSA) is 114 Å². The van der Waals surface area contributed by atoms with Gasteiger partial charge in [-0.15, -0.1) is 0 Å². The van der Waals surface area contributed by atoms with Crippen molar-refractivity contribution in [3.05, 3.63) is 46.0 Å². The molecule has 264 valence electrons. The van der Waals surface area contributed by atoms with Gasteiger partial charge in [0, 0.05) is 19.2 Å². The Morgan fingerprint density at radius 3 is 2.00 bits per heavy atom. The number of ether oxygens (including phenoxy) is 2. The first-order chi connectivity index (χ1) is 22.7. The van der Waals surface area contributed by atoms with Gasteiger partial charge in [-0.05, 0) is 49.9 Å². The third-order valence-electron chi connectivity index (χ3n) is 7.93. The first-order valence-corrected chi connectivity index (χ1v) is 18.7. The number of hydrogen-bond acceptors (Lipinski definition) is 7. The Morgan fingerprint density at radius 1 is 0.851 bits per heavy atom. The summed E-state index contributed by atoms with van der Waals surface area (Å²) in [4.78, 5) is 28.0. The summed E-state index contributed by atoms with van der Waals surface area (Å²) < 4.78 is 32.3. The third kappa shape index (κ3) is 14.0. The zero-order valence-electron chi connectivity index (χ0n) is 29.0. The van der Waals surface area contributed by atoms with Gasteiger partial charge in [0.05, 0.1) is 35.6 Å². The predicted molar refractivity (Wildman–Crippen MR) is 191 cm³/mol. The fraction of sp³-hybridized carbons (Fsp3) is 0.611. The average molecular weight is 695 g/mol.